The van der Waals surface area contributed by atoms with Gasteiger partial charge < -0.3 is 15.2 Å². The number of alkyl halides is 3. The van der Waals surface area contributed by atoms with Crippen LogP contribution in [0.4, 0.5) is 18.0 Å². The Morgan fingerprint density at radius 2 is 2.10 bits per heavy atom. The molecule has 0 aromatic heterocycles. The van der Waals surface area contributed by atoms with E-state index in [4.69, 9.17) is 9.84 Å². The number of ether oxygens (including phenoxy) is 1. The molecule has 0 aliphatic carbocycles. The number of hydrogen-bond acceptors (Lipinski definition) is 4. The minimum absolute atomic E-state index is 0.181. The van der Waals surface area contributed by atoms with Gasteiger partial charge in [-0.25, -0.2) is 9.59 Å². The van der Waals surface area contributed by atoms with Crippen LogP contribution in [-0.4, -0.2) is 58.4 Å². The first-order valence-corrected chi connectivity index (χ1v) is 6.15. The summed E-state index contributed by atoms with van der Waals surface area (Å²) in [6.07, 6.45) is -6.34. The Balaban J connectivity index is 2.07. The van der Waals surface area contributed by atoms with E-state index < -0.39 is 48.4 Å². The number of carboxylic acids is 1. The van der Waals surface area contributed by atoms with Crippen molar-refractivity contribution in [3.05, 3.63) is 0 Å². The lowest BCUT2D eigenvalue weighted by Crippen LogP contribution is -2.56. The van der Waals surface area contributed by atoms with Crippen LogP contribution in [0, 0.1) is 0 Å². The number of hydrogen-bond donors (Lipinski definition) is 2. The van der Waals surface area contributed by atoms with Crippen molar-refractivity contribution >= 4 is 17.9 Å². The average molecular weight is 310 g/mol. The summed E-state index contributed by atoms with van der Waals surface area (Å²) in [4.78, 5) is 34.5. The van der Waals surface area contributed by atoms with Crippen LogP contribution in [-0.2, 0) is 14.3 Å². The van der Waals surface area contributed by atoms with Crippen LogP contribution in [0.1, 0.15) is 19.8 Å². The Morgan fingerprint density at radius 1 is 1.48 bits per heavy atom. The highest BCUT2D eigenvalue weighted by molar-refractivity contribution is 6.07. The molecule has 0 aromatic rings. The molecule has 2 aliphatic heterocycles. The molecule has 118 valence electrons. The first kappa shape index (κ1) is 15.5. The number of carboxylic acid groups (broad SMARTS) is 1. The lowest BCUT2D eigenvalue weighted by atomic mass is 10.0. The summed E-state index contributed by atoms with van der Waals surface area (Å²) in [5.41, 5.74) is -2.96. The largest absolute Gasteiger partial charge is 0.479 e. The summed E-state index contributed by atoms with van der Waals surface area (Å²) < 4.78 is 43.6. The minimum atomic E-state index is -4.92. The fourth-order valence-corrected chi connectivity index (χ4v) is 2.28. The normalized spacial score (nSPS) is 33.4. The molecule has 3 unspecified atom stereocenters. The summed E-state index contributed by atoms with van der Waals surface area (Å²) >= 11 is 0. The first-order chi connectivity index (χ1) is 9.56. The SMILES string of the molecule is CC1(C(F)(F)F)NC(=O)N(CC2CCC(C(=O)O)O2)C1=O. The molecule has 3 amide bonds. The van der Waals surface area contributed by atoms with Gasteiger partial charge in [0.15, 0.2) is 6.10 Å². The Hall–Kier alpha value is -1.84. The monoisotopic (exact) mass is 310 g/mol. The maximum atomic E-state index is 12.9. The van der Waals surface area contributed by atoms with Crippen molar-refractivity contribution in [3.63, 3.8) is 0 Å². The number of halogens is 3. The van der Waals surface area contributed by atoms with Gasteiger partial charge in [0, 0.05) is 0 Å². The molecule has 2 saturated heterocycles. The van der Waals surface area contributed by atoms with Crippen LogP contribution in [0.15, 0.2) is 0 Å². The van der Waals surface area contributed by atoms with Crippen molar-refractivity contribution in [1.82, 2.24) is 10.2 Å². The number of nitrogens with zero attached hydrogens (tertiary/aromatic N) is 1. The van der Waals surface area contributed by atoms with Crippen LogP contribution in [0.2, 0.25) is 0 Å². The maximum absolute atomic E-state index is 12.9. The summed E-state index contributed by atoms with van der Waals surface area (Å²) in [7, 11) is 0. The highest BCUT2D eigenvalue weighted by atomic mass is 19.4. The van der Waals surface area contributed by atoms with Crippen LogP contribution in [0.25, 0.3) is 0 Å². The summed E-state index contributed by atoms with van der Waals surface area (Å²) in [6.45, 7) is 0.183. The van der Waals surface area contributed by atoms with E-state index in [2.05, 4.69) is 0 Å². The molecular weight excluding hydrogens is 297 g/mol. The minimum Gasteiger partial charge on any atom is -0.479 e. The molecule has 2 heterocycles. The lowest BCUT2D eigenvalue weighted by molar-refractivity contribution is -0.191. The third-order valence-corrected chi connectivity index (χ3v) is 3.61. The Bertz CT molecular complexity index is 495. The lowest BCUT2D eigenvalue weighted by Gasteiger charge is -2.25. The van der Waals surface area contributed by atoms with Crippen molar-refractivity contribution in [2.75, 3.05) is 6.54 Å². The topological polar surface area (TPSA) is 95.9 Å². The average Bonchev–Trinajstić information content (AvgIpc) is 2.89. The number of aliphatic carboxylic acids is 1. The standard InChI is InChI=1S/C11H13F3N2O5/c1-10(11(12,13)14)8(19)16(9(20)15-10)4-5-2-3-6(21-5)7(17)18/h5-6H,2-4H2,1H3,(H,15,20)(H,17,18). The smallest absolute Gasteiger partial charge is 0.420 e. The zero-order valence-electron chi connectivity index (χ0n) is 10.9. The molecule has 0 spiro atoms. The molecule has 21 heavy (non-hydrogen) atoms. The molecule has 2 rings (SSSR count). The van der Waals surface area contributed by atoms with Gasteiger partial charge in [-0.3, -0.25) is 9.69 Å². The van der Waals surface area contributed by atoms with Gasteiger partial charge in [-0.15, -0.1) is 0 Å². The van der Waals surface area contributed by atoms with Gasteiger partial charge >= 0.3 is 18.2 Å². The van der Waals surface area contributed by atoms with E-state index in [0.717, 1.165) is 0 Å². The zero-order valence-corrected chi connectivity index (χ0v) is 10.9. The molecule has 3 atom stereocenters. The number of urea groups is 1. The third kappa shape index (κ3) is 2.55. The van der Waals surface area contributed by atoms with E-state index in [9.17, 15) is 27.6 Å². The summed E-state index contributed by atoms with van der Waals surface area (Å²) in [5.74, 6) is -2.60. The number of rotatable bonds is 3. The highest BCUT2D eigenvalue weighted by Crippen LogP contribution is 2.35. The molecule has 2 aliphatic rings. The van der Waals surface area contributed by atoms with Crippen molar-refractivity contribution in [3.8, 4) is 0 Å². The third-order valence-electron chi connectivity index (χ3n) is 3.61. The number of carbonyl (C=O) groups excluding carboxylic acids is 2. The van der Waals surface area contributed by atoms with Gasteiger partial charge in [0.2, 0.25) is 5.54 Å². The molecule has 0 radical (unpaired) electrons. The predicted molar refractivity (Wildman–Crippen MR) is 60.2 cm³/mol. The molecule has 2 N–H and O–H groups in total. The second kappa shape index (κ2) is 4.86. The molecule has 0 bridgehead atoms. The Kier molecular flexibility index (Phi) is 3.60. The van der Waals surface area contributed by atoms with E-state index in [1.165, 1.54) is 0 Å². The van der Waals surface area contributed by atoms with Crippen molar-refractivity contribution < 1.29 is 37.4 Å². The number of nitrogens with one attached hydrogen (secondary N) is 1. The second-order valence-corrected chi connectivity index (χ2v) is 5.13. The van der Waals surface area contributed by atoms with Gasteiger partial charge in [-0.05, 0) is 19.8 Å². The second-order valence-electron chi connectivity index (χ2n) is 5.13. The van der Waals surface area contributed by atoms with E-state index >= 15 is 0 Å². The van der Waals surface area contributed by atoms with Crippen LogP contribution >= 0.6 is 0 Å². The quantitative estimate of drug-likeness (QED) is 0.740. The maximum Gasteiger partial charge on any atom is 0.420 e. The van der Waals surface area contributed by atoms with Crippen LogP contribution in [0.5, 0.6) is 0 Å². The van der Waals surface area contributed by atoms with Crippen molar-refractivity contribution in [2.24, 2.45) is 0 Å². The molecule has 0 saturated carbocycles. The molecule has 2 fully saturated rings. The number of amides is 3. The van der Waals surface area contributed by atoms with Gasteiger partial charge in [0.05, 0.1) is 12.6 Å². The summed E-state index contributed by atoms with van der Waals surface area (Å²) in [6, 6.07) is -1.16. The van der Waals surface area contributed by atoms with E-state index in [0.29, 0.717) is 11.8 Å². The van der Waals surface area contributed by atoms with Crippen molar-refractivity contribution in [1.29, 1.82) is 0 Å². The fraction of sp³-hybridized carbons (Fsp3) is 0.727. The van der Waals surface area contributed by atoms with Gasteiger partial charge in [-0.2, -0.15) is 13.2 Å². The zero-order chi connectivity index (χ0) is 16.0. The van der Waals surface area contributed by atoms with Crippen LogP contribution < -0.4 is 5.32 Å². The molecular formula is C11H13F3N2O5. The van der Waals surface area contributed by atoms with Gasteiger partial charge in [-0.1, -0.05) is 0 Å². The van der Waals surface area contributed by atoms with E-state index in [1.54, 1.807) is 5.32 Å². The fourth-order valence-electron chi connectivity index (χ4n) is 2.28. The summed E-state index contributed by atoms with van der Waals surface area (Å²) in [5, 5.41) is 10.4. The Morgan fingerprint density at radius 3 is 2.52 bits per heavy atom. The number of imide groups is 1. The highest BCUT2D eigenvalue weighted by Gasteiger charge is 2.64. The van der Waals surface area contributed by atoms with Gasteiger partial charge in [0.25, 0.3) is 5.91 Å². The van der Waals surface area contributed by atoms with Gasteiger partial charge in [0.1, 0.15) is 0 Å². The predicted octanol–water partition coefficient (Wildman–Crippen LogP) is 0.491. The number of carbonyl (C=O) groups is 3. The molecule has 10 heteroatoms. The van der Waals surface area contributed by atoms with E-state index in [1.807, 2.05) is 0 Å². The van der Waals surface area contributed by atoms with Crippen LogP contribution in [0.3, 0.4) is 0 Å². The first-order valence-electron chi connectivity index (χ1n) is 6.15. The van der Waals surface area contributed by atoms with E-state index in [-0.39, 0.29) is 12.8 Å². The molecule has 0 aromatic carbocycles. The molecule has 7 nitrogen and oxygen atoms in total. The Labute approximate surface area is 117 Å². The van der Waals surface area contributed by atoms with Crippen molar-refractivity contribution in [2.45, 2.75) is 43.7 Å².